The summed E-state index contributed by atoms with van der Waals surface area (Å²) >= 11 is 9.63. The summed E-state index contributed by atoms with van der Waals surface area (Å²) in [5.41, 5.74) is 1.80. The zero-order valence-corrected chi connectivity index (χ0v) is 13.8. The van der Waals surface area contributed by atoms with Crippen molar-refractivity contribution >= 4 is 39.2 Å². The maximum absolute atomic E-state index is 6.19. The third-order valence-electron chi connectivity index (χ3n) is 2.82. The number of hydrogen-bond acceptors (Lipinski definition) is 3. The van der Waals surface area contributed by atoms with Gasteiger partial charge in [0.25, 0.3) is 0 Å². The van der Waals surface area contributed by atoms with Gasteiger partial charge in [-0.15, -0.1) is 0 Å². The highest BCUT2D eigenvalue weighted by molar-refractivity contribution is 9.10. The monoisotopic (exact) mass is 357 g/mol. The van der Waals surface area contributed by atoms with Gasteiger partial charge in [0.2, 0.25) is 5.95 Å². The van der Waals surface area contributed by atoms with E-state index in [0.29, 0.717) is 5.02 Å². The Labute approximate surface area is 132 Å². The first-order valence-corrected chi connectivity index (χ1v) is 7.52. The van der Waals surface area contributed by atoms with Crippen LogP contribution in [0, 0.1) is 6.92 Å². The average Bonchev–Trinajstić information content (AvgIpc) is 2.74. The number of rotatable bonds is 6. The standard InChI is InChI=1S/C14H17BrClN3O/c1-10-9-19(6-3-7-20-2)14(17-10)18-13-8-11(15)4-5-12(13)16/h4-5,8-9H,3,6-7H2,1-2H3,(H,17,18). The first-order valence-electron chi connectivity index (χ1n) is 6.35. The summed E-state index contributed by atoms with van der Waals surface area (Å²) in [4.78, 5) is 4.49. The Morgan fingerprint density at radius 3 is 3.00 bits per heavy atom. The van der Waals surface area contributed by atoms with Crippen LogP contribution in [0.5, 0.6) is 0 Å². The first-order chi connectivity index (χ1) is 9.60. The number of benzene rings is 1. The molecule has 2 rings (SSSR count). The van der Waals surface area contributed by atoms with Crippen molar-refractivity contribution in [2.45, 2.75) is 19.9 Å². The Morgan fingerprint density at radius 1 is 1.45 bits per heavy atom. The van der Waals surface area contributed by atoms with E-state index in [1.807, 2.05) is 31.3 Å². The Morgan fingerprint density at radius 2 is 2.25 bits per heavy atom. The minimum atomic E-state index is 0.664. The van der Waals surface area contributed by atoms with Gasteiger partial charge in [-0.05, 0) is 31.5 Å². The van der Waals surface area contributed by atoms with Crippen LogP contribution in [0.25, 0.3) is 0 Å². The lowest BCUT2D eigenvalue weighted by molar-refractivity contribution is 0.190. The third-order valence-corrected chi connectivity index (χ3v) is 3.64. The van der Waals surface area contributed by atoms with Gasteiger partial charge in [-0.2, -0.15) is 0 Å². The molecule has 1 N–H and O–H groups in total. The van der Waals surface area contributed by atoms with Gasteiger partial charge < -0.3 is 14.6 Å². The molecule has 0 fully saturated rings. The molecule has 1 aromatic carbocycles. The van der Waals surface area contributed by atoms with Gasteiger partial charge in [0.05, 0.1) is 16.4 Å². The summed E-state index contributed by atoms with van der Waals surface area (Å²) in [7, 11) is 1.71. The summed E-state index contributed by atoms with van der Waals surface area (Å²) in [5, 5.41) is 3.94. The van der Waals surface area contributed by atoms with Crippen LogP contribution in [-0.2, 0) is 11.3 Å². The number of aromatic nitrogens is 2. The number of anilines is 2. The second-order valence-electron chi connectivity index (χ2n) is 4.49. The van der Waals surface area contributed by atoms with Crippen molar-refractivity contribution in [3.8, 4) is 0 Å². The van der Waals surface area contributed by atoms with Gasteiger partial charge >= 0.3 is 0 Å². The predicted molar refractivity (Wildman–Crippen MR) is 85.9 cm³/mol. The largest absolute Gasteiger partial charge is 0.385 e. The molecule has 0 aliphatic rings. The zero-order chi connectivity index (χ0) is 14.5. The summed E-state index contributed by atoms with van der Waals surface area (Å²) in [6, 6.07) is 5.69. The Hall–Kier alpha value is -1.04. The van der Waals surface area contributed by atoms with E-state index in [2.05, 4.69) is 30.8 Å². The van der Waals surface area contributed by atoms with Crippen molar-refractivity contribution < 1.29 is 4.74 Å². The van der Waals surface area contributed by atoms with Crippen molar-refractivity contribution in [3.63, 3.8) is 0 Å². The highest BCUT2D eigenvalue weighted by atomic mass is 79.9. The van der Waals surface area contributed by atoms with E-state index in [4.69, 9.17) is 16.3 Å². The molecule has 20 heavy (non-hydrogen) atoms. The first kappa shape index (κ1) is 15.4. The molecule has 0 bridgehead atoms. The van der Waals surface area contributed by atoms with Gasteiger partial charge in [-0.3, -0.25) is 0 Å². The summed E-state index contributed by atoms with van der Waals surface area (Å²) in [5.74, 6) is 0.790. The summed E-state index contributed by atoms with van der Waals surface area (Å²) in [6.07, 6.45) is 2.96. The lowest BCUT2D eigenvalue weighted by atomic mass is 10.3. The average molecular weight is 359 g/mol. The van der Waals surface area contributed by atoms with Crippen molar-refractivity contribution in [1.82, 2.24) is 9.55 Å². The Kier molecular flexibility index (Phi) is 5.46. The summed E-state index contributed by atoms with van der Waals surface area (Å²) in [6.45, 7) is 3.55. The van der Waals surface area contributed by atoms with E-state index in [0.717, 1.165) is 41.4 Å². The van der Waals surface area contributed by atoms with Gasteiger partial charge in [0.15, 0.2) is 0 Å². The van der Waals surface area contributed by atoms with Gasteiger partial charge in [0, 0.05) is 30.9 Å². The maximum atomic E-state index is 6.19. The number of aryl methyl sites for hydroxylation is 2. The molecule has 0 spiro atoms. The van der Waals surface area contributed by atoms with Crippen LogP contribution < -0.4 is 5.32 Å². The number of halogens is 2. The molecule has 6 heteroatoms. The minimum absolute atomic E-state index is 0.664. The van der Waals surface area contributed by atoms with E-state index in [9.17, 15) is 0 Å². The Balaban J connectivity index is 2.17. The SMILES string of the molecule is COCCCn1cc(C)nc1Nc1cc(Br)ccc1Cl. The topological polar surface area (TPSA) is 39.1 Å². The molecule has 0 radical (unpaired) electrons. The van der Waals surface area contributed by atoms with Crippen molar-refractivity contribution in [2.75, 3.05) is 19.0 Å². The second kappa shape index (κ2) is 7.11. The Bertz CT molecular complexity index is 586. The number of imidazole rings is 1. The van der Waals surface area contributed by atoms with Crippen LogP contribution in [0.15, 0.2) is 28.9 Å². The van der Waals surface area contributed by atoms with E-state index in [1.54, 1.807) is 7.11 Å². The van der Waals surface area contributed by atoms with Gasteiger partial charge in [0.1, 0.15) is 0 Å². The molecular weight excluding hydrogens is 342 g/mol. The number of nitrogens with zero attached hydrogens (tertiary/aromatic N) is 2. The van der Waals surface area contributed by atoms with Gasteiger partial charge in [-0.25, -0.2) is 4.98 Å². The van der Waals surface area contributed by atoms with Crippen molar-refractivity contribution in [3.05, 3.63) is 39.6 Å². The van der Waals surface area contributed by atoms with Crippen molar-refractivity contribution in [2.24, 2.45) is 0 Å². The number of hydrogen-bond donors (Lipinski definition) is 1. The lowest BCUT2D eigenvalue weighted by Crippen LogP contribution is -2.05. The molecule has 0 aliphatic carbocycles. The normalized spacial score (nSPS) is 10.8. The quantitative estimate of drug-likeness (QED) is 0.779. The smallest absolute Gasteiger partial charge is 0.207 e. The van der Waals surface area contributed by atoms with Gasteiger partial charge in [-0.1, -0.05) is 27.5 Å². The highest BCUT2D eigenvalue weighted by Crippen LogP contribution is 2.28. The zero-order valence-electron chi connectivity index (χ0n) is 11.5. The van der Waals surface area contributed by atoms with Crippen LogP contribution in [0.3, 0.4) is 0 Å². The number of nitrogens with one attached hydrogen (secondary N) is 1. The second-order valence-corrected chi connectivity index (χ2v) is 5.82. The molecule has 0 saturated heterocycles. The lowest BCUT2D eigenvalue weighted by Gasteiger charge is -2.11. The third kappa shape index (κ3) is 3.98. The fourth-order valence-electron chi connectivity index (χ4n) is 1.91. The molecule has 4 nitrogen and oxygen atoms in total. The molecule has 1 aromatic heterocycles. The molecule has 1 heterocycles. The fourth-order valence-corrected chi connectivity index (χ4v) is 2.44. The van der Waals surface area contributed by atoms with Crippen molar-refractivity contribution in [1.29, 1.82) is 0 Å². The highest BCUT2D eigenvalue weighted by Gasteiger charge is 2.08. The molecule has 0 atom stereocenters. The molecule has 0 amide bonds. The van der Waals surface area contributed by atoms with Crippen LogP contribution in [0.2, 0.25) is 5.02 Å². The fraction of sp³-hybridized carbons (Fsp3) is 0.357. The number of ether oxygens (including phenoxy) is 1. The maximum Gasteiger partial charge on any atom is 0.207 e. The van der Waals surface area contributed by atoms with Crippen LogP contribution >= 0.6 is 27.5 Å². The van der Waals surface area contributed by atoms with E-state index in [1.165, 1.54) is 0 Å². The predicted octanol–water partition coefficient (Wildman–Crippen LogP) is 4.39. The molecule has 0 aliphatic heterocycles. The van der Waals surface area contributed by atoms with Crippen LogP contribution in [-0.4, -0.2) is 23.3 Å². The van der Waals surface area contributed by atoms with E-state index < -0.39 is 0 Å². The molecule has 0 unspecified atom stereocenters. The number of methoxy groups -OCH3 is 1. The molecule has 108 valence electrons. The van der Waals surface area contributed by atoms with Crippen LogP contribution in [0.1, 0.15) is 12.1 Å². The summed E-state index contributed by atoms with van der Waals surface area (Å²) < 4.78 is 8.13. The minimum Gasteiger partial charge on any atom is -0.385 e. The molecule has 0 saturated carbocycles. The molecule has 2 aromatic rings. The van der Waals surface area contributed by atoms with E-state index in [-0.39, 0.29) is 0 Å². The van der Waals surface area contributed by atoms with Crippen LogP contribution in [0.4, 0.5) is 11.6 Å². The van der Waals surface area contributed by atoms with E-state index >= 15 is 0 Å². The molecular formula is C14H17BrClN3O.